The molecule has 1 unspecified atom stereocenters. The van der Waals surface area contributed by atoms with Gasteiger partial charge in [-0.15, -0.1) is 0 Å². The van der Waals surface area contributed by atoms with Crippen molar-refractivity contribution in [1.29, 1.82) is 0 Å². The number of hydrogen-bond acceptors (Lipinski definition) is 4. The van der Waals surface area contributed by atoms with E-state index in [1.807, 2.05) is 37.3 Å². The van der Waals surface area contributed by atoms with Crippen LogP contribution in [0.5, 0.6) is 5.75 Å². The van der Waals surface area contributed by atoms with Crippen LogP contribution in [0.15, 0.2) is 30.3 Å². The molecule has 19 heavy (non-hydrogen) atoms. The minimum absolute atomic E-state index is 0.0523. The summed E-state index contributed by atoms with van der Waals surface area (Å²) in [6.07, 6.45) is 2.16. The molecule has 106 valence electrons. The van der Waals surface area contributed by atoms with E-state index in [1.54, 1.807) is 0 Å². The monoisotopic (exact) mass is 265 g/mol. The second-order valence-corrected chi connectivity index (χ2v) is 4.46. The van der Waals surface area contributed by atoms with Crippen LogP contribution in [0, 0.1) is 0 Å². The highest BCUT2D eigenvalue weighted by molar-refractivity contribution is 5.71. The number of ether oxygens (including phenoxy) is 2. The van der Waals surface area contributed by atoms with Gasteiger partial charge in [-0.05, 0) is 32.0 Å². The molecule has 0 aliphatic heterocycles. The Balaban J connectivity index is 2.13. The summed E-state index contributed by atoms with van der Waals surface area (Å²) in [7, 11) is 0. The summed E-state index contributed by atoms with van der Waals surface area (Å²) in [5.74, 6) is 0.335. The van der Waals surface area contributed by atoms with Gasteiger partial charge in [0.1, 0.15) is 11.9 Å². The Labute approximate surface area is 115 Å². The summed E-state index contributed by atoms with van der Waals surface area (Å²) in [6, 6.07) is 9.24. The predicted molar refractivity (Wildman–Crippen MR) is 75.3 cm³/mol. The minimum Gasteiger partial charge on any atom is -0.482 e. The summed E-state index contributed by atoms with van der Waals surface area (Å²) in [5, 5.41) is 3.25. The predicted octanol–water partition coefficient (Wildman–Crippen LogP) is 2.39. The van der Waals surface area contributed by atoms with Crippen LogP contribution in [-0.4, -0.2) is 31.8 Å². The van der Waals surface area contributed by atoms with Crippen LogP contribution in [0.4, 0.5) is 0 Å². The lowest BCUT2D eigenvalue weighted by atomic mass is 10.3. The van der Waals surface area contributed by atoms with Crippen molar-refractivity contribution in [2.45, 2.75) is 32.8 Å². The summed E-state index contributed by atoms with van der Waals surface area (Å²) in [6.45, 7) is 5.60. The van der Waals surface area contributed by atoms with Crippen molar-refractivity contribution < 1.29 is 14.3 Å². The van der Waals surface area contributed by atoms with Gasteiger partial charge in [-0.3, -0.25) is 0 Å². The number of esters is 1. The normalized spacial score (nSPS) is 11.9. The molecule has 4 nitrogen and oxygen atoms in total. The van der Waals surface area contributed by atoms with E-state index in [4.69, 9.17) is 9.47 Å². The Bertz CT molecular complexity index is 354. The van der Waals surface area contributed by atoms with Gasteiger partial charge in [-0.25, -0.2) is 4.79 Å². The minimum atomic E-state index is -0.339. The van der Waals surface area contributed by atoms with Gasteiger partial charge < -0.3 is 14.8 Å². The molecule has 1 rings (SSSR count). The Morgan fingerprint density at radius 1 is 1.32 bits per heavy atom. The topological polar surface area (TPSA) is 47.6 Å². The van der Waals surface area contributed by atoms with E-state index in [0.717, 1.165) is 19.4 Å². The summed E-state index contributed by atoms with van der Waals surface area (Å²) < 4.78 is 10.5. The fourth-order valence-corrected chi connectivity index (χ4v) is 1.57. The zero-order valence-electron chi connectivity index (χ0n) is 11.7. The molecule has 0 amide bonds. The lowest BCUT2D eigenvalue weighted by molar-refractivity contribution is -0.150. The highest BCUT2D eigenvalue weighted by atomic mass is 16.6. The van der Waals surface area contributed by atoms with Crippen LogP contribution in [0.2, 0.25) is 0 Å². The molecule has 0 aromatic heterocycles. The number of carbonyl (C=O) groups is 1. The Hall–Kier alpha value is -1.55. The second kappa shape index (κ2) is 9.39. The molecular formula is C15H23NO3. The highest BCUT2D eigenvalue weighted by Gasteiger charge is 2.09. The molecule has 0 heterocycles. The fraction of sp³-hybridized carbons (Fsp3) is 0.533. The molecular weight excluding hydrogens is 242 g/mol. The molecule has 0 radical (unpaired) electrons. The van der Waals surface area contributed by atoms with Crippen LogP contribution in [0.25, 0.3) is 0 Å². The SMILES string of the molecule is CCCCNCC(C)OC(=O)COc1ccccc1. The van der Waals surface area contributed by atoms with Crippen molar-refractivity contribution in [3.8, 4) is 5.75 Å². The molecule has 1 aromatic rings. The number of benzene rings is 1. The molecule has 0 bridgehead atoms. The maximum absolute atomic E-state index is 11.5. The van der Waals surface area contributed by atoms with E-state index >= 15 is 0 Å². The number of unbranched alkanes of at least 4 members (excludes halogenated alkanes) is 1. The molecule has 0 aliphatic rings. The highest BCUT2D eigenvalue weighted by Crippen LogP contribution is 2.08. The molecule has 0 saturated carbocycles. The lowest BCUT2D eigenvalue weighted by Gasteiger charge is -2.14. The van der Waals surface area contributed by atoms with E-state index < -0.39 is 0 Å². The summed E-state index contributed by atoms with van der Waals surface area (Å²) >= 11 is 0. The average molecular weight is 265 g/mol. The molecule has 0 fully saturated rings. The number of nitrogens with one attached hydrogen (secondary N) is 1. The van der Waals surface area contributed by atoms with E-state index in [-0.39, 0.29) is 18.7 Å². The first kappa shape index (κ1) is 15.5. The van der Waals surface area contributed by atoms with Crippen LogP contribution in [-0.2, 0) is 9.53 Å². The van der Waals surface area contributed by atoms with Crippen LogP contribution >= 0.6 is 0 Å². The molecule has 1 aromatic carbocycles. The number of rotatable bonds is 9. The van der Waals surface area contributed by atoms with Gasteiger partial charge >= 0.3 is 5.97 Å². The summed E-state index contributed by atoms with van der Waals surface area (Å²) in [5.41, 5.74) is 0. The van der Waals surface area contributed by atoms with Crippen LogP contribution in [0.1, 0.15) is 26.7 Å². The third-order valence-electron chi connectivity index (χ3n) is 2.57. The average Bonchev–Trinajstić information content (AvgIpc) is 2.42. The van der Waals surface area contributed by atoms with Gasteiger partial charge in [0, 0.05) is 6.54 Å². The van der Waals surface area contributed by atoms with Gasteiger partial charge in [0.15, 0.2) is 6.61 Å². The first-order chi connectivity index (χ1) is 9.22. The maximum atomic E-state index is 11.5. The van der Waals surface area contributed by atoms with E-state index in [1.165, 1.54) is 0 Å². The zero-order valence-corrected chi connectivity index (χ0v) is 11.7. The Morgan fingerprint density at radius 3 is 2.74 bits per heavy atom. The zero-order chi connectivity index (χ0) is 13.9. The lowest BCUT2D eigenvalue weighted by Crippen LogP contribution is -2.31. The maximum Gasteiger partial charge on any atom is 0.344 e. The molecule has 0 saturated heterocycles. The van der Waals surface area contributed by atoms with Crippen molar-refractivity contribution >= 4 is 5.97 Å². The van der Waals surface area contributed by atoms with Gasteiger partial charge in [0.25, 0.3) is 0 Å². The van der Waals surface area contributed by atoms with Gasteiger partial charge in [-0.1, -0.05) is 31.5 Å². The molecule has 0 spiro atoms. The van der Waals surface area contributed by atoms with Crippen molar-refractivity contribution in [2.75, 3.05) is 19.7 Å². The smallest absolute Gasteiger partial charge is 0.344 e. The van der Waals surface area contributed by atoms with Gasteiger partial charge in [0.05, 0.1) is 0 Å². The van der Waals surface area contributed by atoms with Crippen LogP contribution in [0.3, 0.4) is 0 Å². The molecule has 1 N–H and O–H groups in total. The first-order valence-electron chi connectivity index (χ1n) is 6.80. The number of hydrogen-bond donors (Lipinski definition) is 1. The summed E-state index contributed by atoms with van der Waals surface area (Å²) in [4.78, 5) is 11.5. The third-order valence-corrected chi connectivity index (χ3v) is 2.57. The van der Waals surface area contributed by atoms with Crippen LogP contribution < -0.4 is 10.1 Å². The van der Waals surface area contributed by atoms with Crippen molar-refractivity contribution in [2.24, 2.45) is 0 Å². The van der Waals surface area contributed by atoms with Gasteiger partial charge in [0.2, 0.25) is 0 Å². The van der Waals surface area contributed by atoms with Gasteiger partial charge in [-0.2, -0.15) is 0 Å². The van der Waals surface area contributed by atoms with E-state index in [0.29, 0.717) is 12.3 Å². The van der Waals surface area contributed by atoms with Crippen molar-refractivity contribution in [1.82, 2.24) is 5.32 Å². The second-order valence-electron chi connectivity index (χ2n) is 4.46. The standard InChI is InChI=1S/C15H23NO3/c1-3-4-10-16-11-13(2)19-15(17)12-18-14-8-6-5-7-9-14/h5-9,13,16H,3-4,10-12H2,1-2H3. The first-order valence-corrected chi connectivity index (χ1v) is 6.80. The van der Waals surface area contributed by atoms with E-state index in [2.05, 4.69) is 12.2 Å². The number of carbonyl (C=O) groups excluding carboxylic acids is 1. The number of para-hydroxylation sites is 1. The Kier molecular flexibility index (Phi) is 7.66. The molecule has 0 aliphatic carbocycles. The molecule has 1 atom stereocenters. The van der Waals surface area contributed by atoms with Crippen molar-refractivity contribution in [3.63, 3.8) is 0 Å². The Morgan fingerprint density at radius 2 is 2.05 bits per heavy atom. The third kappa shape index (κ3) is 7.47. The quantitative estimate of drug-likeness (QED) is 0.550. The fourth-order valence-electron chi connectivity index (χ4n) is 1.57. The van der Waals surface area contributed by atoms with Crippen molar-refractivity contribution in [3.05, 3.63) is 30.3 Å². The largest absolute Gasteiger partial charge is 0.482 e. The molecule has 4 heteroatoms. The van der Waals surface area contributed by atoms with E-state index in [9.17, 15) is 4.79 Å².